The molecule has 1 heterocycles. The molecule has 0 amide bonds. The average molecular weight is 281 g/mol. The van der Waals surface area contributed by atoms with Crippen LogP contribution in [-0.4, -0.2) is 15.1 Å². The third-order valence-corrected chi connectivity index (χ3v) is 3.34. The molecule has 2 aromatic rings. The largest absolute Gasteiger partial charge is 0.389 e. The number of nitrogens with two attached hydrogens (primary N) is 1. The van der Waals surface area contributed by atoms with Crippen LogP contribution in [0.3, 0.4) is 0 Å². The first kappa shape index (κ1) is 13.6. The number of aliphatic hydroxyl groups is 1. The molecule has 100 valence electrons. The van der Waals surface area contributed by atoms with Crippen molar-refractivity contribution in [3.05, 3.63) is 46.0 Å². The molecule has 1 aromatic heterocycles. The minimum atomic E-state index is -0.962. The van der Waals surface area contributed by atoms with Gasteiger partial charge in [-0.15, -0.1) is 0 Å². The Balaban J connectivity index is 2.43. The number of nitrogens with one attached hydrogen (secondary N) is 1. The van der Waals surface area contributed by atoms with Gasteiger partial charge < -0.3 is 15.8 Å². The van der Waals surface area contributed by atoms with Crippen molar-refractivity contribution >= 4 is 17.6 Å². The second kappa shape index (κ2) is 5.41. The molecule has 0 radical (unpaired) electrons. The molecule has 1 atom stereocenters. The molecule has 0 saturated carbocycles. The van der Waals surface area contributed by atoms with E-state index in [1.807, 2.05) is 0 Å². The topological polar surface area (TPSA) is 92.0 Å². The Morgan fingerprint density at radius 3 is 2.89 bits per heavy atom. The summed E-state index contributed by atoms with van der Waals surface area (Å²) >= 11 is 1.04. The van der Waals surface area contributed by atoms with Crippen molar-refractivity contribution < 1.29 is 9.50 Å². The fourth-order valence-electron chi connectivity index (χ4n) is 1.62. The van der Waals surface area contributed by atoms with E-state index >= 15 is 0 Å². The number of nitrogens with zero attached hydrogens (tertiary/aromatic N) is 1. The summed E-state index contributed by atoms with van der Waals surface area (Å²) in [5, 5.41) is 9.85. The monoisotopic (exact) mass is 281 g/mol. The van der Waals surface area contributed by atoms with E-state index in [2.05, 4.69) is 9.97 Å². The van der Waals surface area contributed by atoms with Crippen LogP contribution in [-0.2, 0) is 0 Å². The summed E-state index contributed by atoms with van der Waals surface area (Å²) < 4.78 is 13.7. The van der Waals surface area contributed by atoms with Gasteiger partial charge in [0.1, 0.15) is 11.6 Å². The molecule has 0 aliphatic rings. The summed E-state index contributed by atoms with van der Waals surface area (Å²) in [5.41, 5.74) is 5.25. The summed E-state index contributed by atoms with van der Waals surface area (Å²) in [6, 6.07) is 5.58. The molecule has 2 rings (SSSR count). The van der Waals surface area contributed by atoms with Crippen LogP contribution < -0.4 is 11.3 Å². The van der Waals surface area contributed by atoms with E-state index in [1.165, 1.54) is 19.1 Å². The molecular weight excluding hydrogens is 269 g/mol. The van der Waals surface area contributed by atoms with Gasteiger partial charge in [0.05, 0.1) is 6.10 Å². The van der Waals surface area contributed by atoms with Crippen LogP contribution in [0.2, 0.25) is 0 Å². The quantitative estimate of drug-likeness (QED) is 0.745. The van der Waals surface area contributed by atoms with Crippen LogP contribution in [0, 0.1) is 5.82 Å². The third kappa shape index (κ3) is 3.12. The second-order valence-corrected chi connectivity index (χ2v) is 4.94. The molecule has 0 unspecified atom stereocenters. The number of halogens is 1. The predicted octanol–water partition coefficient (Wildman–Crippen LogP) is 1.70. The maximum Gasteiger partial charge on any atom is 0.253 e. The van der Waals surface area contributed by atoms with Crippen LogP contribution in [0.1, 0.15) is 18.6 Å². The Morgan fingerprint density at radius 1 is 1.53 bits per heavy atom. The highest BCUT2D eigenvalue weighted by molar-refractivity contribution is 7.99. The Morgan fingerprint density at radius 2 is 2.26 bits per heavy atom. The fourth-order valence-corrected chi connectivity index (χ4v) is 2.65. The first-order chi connectivity index (χ1) is 8.97. The Labute approximate surface area is 112 Å². The highest BCUT2D eigenvalue weighted by Gasteiger charge is 2.15. The maximum atomic E-state index is 13.7. The van der Waals surface area contributed by atoms with Crippen LogP contribution >= 0.6 is 11.8 Å². The van der Waals surface area contributed by atoms with E-state index in [9.17, 15) is 14.3 Å². The lowest BCUT2D eigenvalue weighted by atomic mass is 10.1. The van der Waals surface area contributed by atoms with Gasteiger partial charge in [0.15, 0.2) is 5.16 Å². The van der Waals surface area contributed by atoms with Crippen LogP contribution in [0.25, 0.3) is 0 Å². The number of aromatic nitrogens is 2. The molecule has 7 heteroatoms. The maximum absolute atomic E-state index is 13.7. The zero-order valence-electron chi connectivity index (χ0n) is 10.1. The van der Waals surface area contributed by atoms with Gasteiger partial charge in [-0.05, 0) is 19.1 Å². The van der Waals surface area contributed by atoms with Crippen molar-refractivity contribution in [3.63, 3.8) is 0 Å². The highest BCUT2D eigenvalue weighted by Crippen LogP contribution is 2.32. The Bertz CT molecular complexity index is 658. The van der Waals surface area contributed by atoms with Crippen molar-refractivity contribution in [1.82, 2.24) is 9.97 Å². The Kier molecular flexibility index (Phi) is 3.87. The van der Waals surface area contributed by atoms with Gasteiger partial charge in [-0.25, -0.2) is 9.37 Å². The number of hydrogen-bond donors (Lipinski definition) is 3. The average Bonchev–Trinajstić information content (AvgIpc) is 2.26. The van der Waals surface area contributed by atoms with Gasteiger partial charge in [-0.1, -0.05) is 17.8 Å². The van der Waals surface area contributed by atoms with Crippen LogP contribution in [0.5, 0.6) is 0 Å². The number of anilines is 1. The molecular formula is C12H12FN3O2S. The summed E-state index contributed by atoms with van der Waals surface area (Å²) in [6.45, 7) is 1.47. The first-order valence-corrected chi connectivity index (χ1v) is 6.30. The lowest BCUT2D eigenvalue weighted by molar-refractivity contribution is 0.191. The third-order valence-electron chi connectivity index (χ3n) is 2.38. The lowest BCUT2D eigenvalue weighted by Gasteiger charge is -2.12. The highest BCUT2D eigenvalue weighted by atomic mass is 32.2. The zero-order valence-corrected chi connectivity index (χ0v) is 10.9. The number of aromatic amines is 1. The van der Waals surface area contributed by atoms with E-state index in [0.717, 1.165) is 17.8 Å². The second-order valence-electron chi connectivity index (χ2n) is 3.91. The molecule has 0 aliphatic carbocycles. The van der Waals surface area contributed by atoms with Crippen molar-refractivity contribution in [3.8, 4) is 0 Å². The van der Waals surface area contributed by atoms with E-state index in [4.69, 9.17) is 5.73 Å². The summed E-state index contributed by atoms with van der Waals surface area (Å²) in [6.07, 6.45) is -0.962. The summed E-state index contributed by atoms with van der Waals surface area (Å²) in [5.74, 6) is -0.424. The molecule has 1 aromatic carbocycles. The standard InChI is InChI=1S/C12H12FN3O2S/c1-6(17)11-7(13)3-2-4-8(11)19-12-15-9(14)5-10(18)16-12/h2-6,17H,1H3,(H3,14,15,16,18)/t6-/m0/s1. The number of hydrogen-bond acceptors (Lipinski definition) is 5. The smallest absolute Gasteiger partial charge is 0.253 e. The number of H-pyrrole nitrogens is 1. The van der Waals surface area contributed by atoms with Crippen LogP contribution in [0.15, 0.2) is 39.1 Å². The minimum absolute atomic E-state index is 0.0845. The van der Waals surface area contributed by atoms with Gasteiger partial charge in [-0.3, -0.25) is 4.79 Å². The zero-order chi connectivity index (χ0) is 14.0. The molecule has 0 aliphatic heterocycles. The normalized spacial score (nSPS) is 12.4. The van der Waals surface area contributed by atoms with E-state index in [1.54, 1.807) is 6.07 Å². The van der Waals surface area contributed by atoms with Crippen LogP contribution in [0.4, 0.5) is 10.2 Å². The van der Waals surface area contributed by atoms with Crippen molar-refractivity contribution in [2.24, 2.45) is 0 Å². The fraction of sp³-hybridized carbons (Fsp3) is 0.167. The van der Waals surface area contributed by atoms with Crippen molar-refractivity contribution in [2.45, 2.75) is 23.1 Å². The molecule has 0 saturated heterocycles. The minimum Gasteiger partial charge on any atom is -0.389 e. The van der Waals surface area contributed by atoms with Crippen molar-refractivity contribution in [2.75, 3.05) is 5.73 Å². The van der Waals surface area contributed by atoms with E-state index < -0.39 is 11.9 Å². The molecule has 0 spiro atoms. The first-order valence-electron chi connectivity index (χ1n) is 5.48. The summed E-state index contributed by atoms with van der Waals surface area (Å²) in [7, 11) is 0. The van der Waals surface area contributed by atoms with Gasteiger partial charge in [0.2, 0.25) is 0 Å². The van der Waals surface area contributed by atoms with Gasteiger partial charge in [0.25, 0.3) is 5.56 Å². The van der Waals surface area contributed by atoms with Crippen molar-refractivity contribution in [1.29, 1.82) is 0 Å². The lowest BCUT2D eigenvalue weighted by Crippen LogP contribution is -2.09. The van der Waals surface area contributed by atoms with Gasteiger partial charge in [0, 0.05) is 16.5 Å². The Hall–Kier alpha value is -1.86. The number of aliphatic hydroxyl groups excluding tert-OH is 1. The van der Waals surface area contributed by atoms with Gasteiger partial charge in [-0.2, -0.15) is 0 Å². The number of benzene rings is 1. The molecule has 19 heavy (non-hydrogen) atoms. The molecule has 0 fully saturated rings. The van der Waals surface area contributed by atoms with E-state index in [0.29, 0.717) is 4.90 Å². The molecule has 4 N–H and O–H groups in total. The number of nitrogen functional groups attached to an aromatic ring is 1. The SMILES string of the molecule is C[C@H](O)c1c(F)cccc1Sc1nc(N)cc(=O)[nH]1. The molecule has 5 nitrogen and oxygen atoms in total. The van der Waals surface area contributed by atoms with Gasteiger partial charge >= 0.3 is 0 Å². The number of rotatable bonds is 3. The summed E-state index contributed by atoms with van der Waals surface area (Å²) in [4.78, 5) is 18.2. The molecule has 0 bridgehead atoms. The predicted molar refractivity (Wildman–Crippen MR) is 70.4 cm³/mol. The van der Waals surface area contributed by atoms with E-state index in [-0.39, 0.29) is 22.1 Å².